The Morgan fingerprint density at radius 2 is 1.68 bits per heavy atom. The number of hydrogen-bond acceptors (Lipinski definition) is 5. The molecule has 0 N–H and O–H groups in total. The molecular formula is C32H33FN2O3. The third-order valence-electron chi connectivity index (χ3n) is 7.40. The van der Waals surface area contributed by atoms with Crippen LogP contribution >= 0.6 is 0 Å². The fourth-order valence-corrected chi connectivity index (χ4v) is 5.13. The first-order valence-electron chi connectivity index (χ1n) is 13.2. The molecule has 0 radical (unpaired) electrons. The van der Waals surface area contributed by atoms with Crippen molar-refractivity contribution in [3.63, 3.8) is 0 Å². The first kappa shape index (κ1) is 25.7. The van der Waals surface area contributed by atoms with E-state index < -0.39 is 5.41 Å². The number of ether oxygens (including phenoxy) is 1. The highest BCUT2D eigenvalue weighted by atomic mass is 19.1. The highest BCUT2D eigenvalue weighted by Crippen LogP contribution is 2.49. The number of aryl methyl sites for hydroxylation is 2. The summed E-state index contributed by atoms with van der Waals surface area (Å²) in [6.07, 6.45) is 3.38. The number of benzene rings is 3. The molecule has 3 aromatic carbocycles. The van der Waals surface area contributed by atoms with Gasteiger partial charge < -0.3 is 14.2 Å². The maximum atomic E-state index is 13.5. The molecule has 1 aliphatic rings. The van der Waals surface area contributed by atoms with Gasteiger partial charge in [-0.15, -0.1) is 0 Å². The van der Waals surface area contributed by atoms with Crippen molar-refractivity contribution < 1.29 is 18.4 Å². The molecule has 1 fully saturated rings. The predicted molar refractivity (Wildman–Crippen MR) is 148 cm³/mol. The van der Waals surface area contributed by atoms with Gasteiger partial charge in [0, 0.05) is 19.2 Å². The fourth-order valence-electron chi connectivity index (χ4n) is 5.13. The van der Waals surface area contributed by atoms with Gasteiger partial charge in [0.15, 0.2) is 5.76 Å². The summed E-state index contributed by atoms with van der Waals surface area (Å²) < 4.78 is 24.5. The molecular weight excluding hydrogens is 479 g/mol. The van der Waals surface area contributed by atoms with Gasteiger partial charge in [-0.3, -0.25) is 4.79 Å². The molecule has 1 saturated carbocycles. The molecule has 0 amide bonds. The van der Waals surface area contributed by atoms with Gasteiger partial charge in [-0.2, -0.15) is 0 Å². The van der Waals surface area contributed by atoms with Crippen LogP contribution in [-0.4, -0.2) is 31.3 Å². The minimum Gasteiger partial charge on any atom is -0.465 e. The van der Waals surface area contributed by atoms with E-state index in [9.17, 15) is 9.18 Å². The van der Waals surface area contributed by atoms with Crippen molar-refractivity contribution in [2.24, 2.45) is 0 Å². The van der Waals surface area contributed by atoms with E-state index >= 15 is 0 Å². The Labute approximate surface area is 223 Å². The summed E-state index contributed by atoms with van der Waals surface area (Å²) in [6, 6.07) is 23.3. The molecule has 4 aromatic rings. The topological polar surface area (TPSA) is 55.6 Å². The molecule has 0 aliphatic heterocycles. The minimum atomic E-state index is -0.456. The lowest BCUT2D eigenvalue weighted by Crippen LogP contribution is -2.23. The quantitative estimate of drug-likeness (QED) is 0.212. The number of nitrogens with zero attached hydrogens (tertiary/aromatic N) is 2. The summed E-state index contributed by atoms with van der Waals surface area (Å²) in [5.41, 5.74) is 6.50. The number of anilines is 1. The van der Waals surface area contributed by atoms with Crippen LogP contribution in [0.1, 0.15) is 43.0 Å². The maximum absolute atomic E-state index is 13.5. The number of aromatic nitrogens is 1. The Kier molecular flexibility index (Phi) is 7.32. The number of carbonyl (C=O) groups excluding carboxylic acids is 1. The van der Waals surface area contributed by atoms with Crippen molar-refractivity contribution in [1.29, 1.82) is 0 Å². The molecule has 0 spiro atoms. The summed E-state index contributed by atoms with van der Waals surface area (Å²) in [5.74, 6) is 0.424. The molecule has 0 unspecified atom stereocenters. The lowest BCUT2D eigenvalue weighted by atomic mass is 9.93. The van der Waals surface area contributed by atoms with Gasteiger partial charge in [0.25, 0.3) is 0 Å². The lowest BCUT2D eigenvalue weighted by molar-refractivity contribution is -0.146. The average molecular weight is 513 g/mol. The number of halogens is 1. The van der Waals surface area contributed by atoms with Crippen molar-refractivity contribution in [2.45, 2.75) is 44.9 Å². The van der Waals surface area contributed by atoms with Gasteiger partial charge in [-0.1, -0.05) is 65.8 Å². The van der Waals surface area contributed by atoms with E-state index in [2.05, 4.69) is 34.3 Å². The van der Waals surface area contributed by atoms with Gasteiger partial charge in [-0.25, -0.2) is 4.39 Å². The number of esters is 1. The van der Waals surface area contributed by atoms with E-state index in [1.54, 1.807) is 12.1 Å². The standard InChI is InChI=1S/C32H33FN2O3/c1-4-37-31(36)32(18-19-32)27-16-14-25(15-17-27)24-10-12-26(13-11-24)30-29(22(2)34-38-30)35(3)20-6-8-23-7-5-9-28(33)21-23/h5,7,9-17,21H,4,6,8,18-20H2,1-3H3. The number of rotatable bonds is 10. The molecule has 196 valence electrons. The molecule has 5 nitrogen and oxygen atoms in total. The van der Waals surface area contributed by atoms with Crippen LogP contribution in [0.4, 0.5) is 10.1 Å². The predicted octanol–water partition coefficient (Wildman–Crippen LogP) is 7.12. The van der Waals surface area contributed by atoms with Gasteiger partial charge >= 0.3 is 5.97 Å². The summed E-state index contributed by atoms with van der Waals surface area (Å²) >= 11 is 0. The van der Waals surface area contributed by atoms with E-state index in [0.717, 1.165) is 77.2 Å². The van der Waals surface area contributed by atoms with Crippen LogP contribution in [-0.2, 0) is 21.4 Å². The lowest BCUT2D eigenvalue weighted by Gasteiger charge is -2.19. The normalized spacial score (nSPS) is 13.8. The first-order chi connectivity index (χ1) is 18.4. The number of hydrogen-bond donors (Lipinski definition) is 0. The van der Waals surface area contributed by atoms with Gasteiger partial charge in [-0.05, 0) is 73.9 Å². The zero-order valence-corrected chi connectivity index (χ0v) is 22.2. The van der Waals surface area contributed by atoms with Crippen LogP contribution in [0.5, 0.6) is 0 Å². The highest BCUT2D eigenvalue weighted by Gasteiger charge is 2.52. The Hall–Kier alpha value is -3.93. The molecule has 38 heavy (non-hydrogen) atoms. The van der Waals surface area contributed by atoms with Gasteiger partial charge in [0.05, 0.1) is 12.0 Å². The summed E-state index contributed by atoms with van der Waals surface area (Å²) in [4.78, 5) is 14.6. The van der Waals surface area contributed by atoms with Crippen LogP contribution in [0.15, 0.2) is 77.3 Å². The van der Waals surface area contributed by atoms with Crippen molar-refractivity contribution in [3.8, 4) is 22.5 Å². The van der Waals surface area contributed by atoms with Crippen molar-refractivity contribution in [1.82, 2.24) is 5.16 Å². The zero-order chi connectivity index (χ0) is 26.7. The summed E-state index contributed by atoms with van der Waals surface area (Å²) in [5, 5.41) is 4.23. The maximum Gasteiger partial charge on any atom is 0.316 e. The molecule has 1 heterocycles. The highest BCUT2D eigenvalue weighted by molar-refractivity contribution is 5.87. The van der Waals surface area contributed by atoms with E-state index in [0.29, 0.717) is 6.61 Å². The van der Waals surface area contributed by atoms with E-state index in [4.69, 9.17) is 9.26 Å². The SMILES string of the molecule is CCOC(=O)C1(c2ccc(-c3ccc(-c4onc(C)c4N(C)CCCc4cccc(F)c4)cc3)cc2)CC1. The van der Waals surface area contributed by atoms with Crippen molar-refractivity contribution in [2.75, 3.05) is 25.1 Å². The molecule has 5 rings (SSSR count). The Morgan fingerprint density at radius 3 is 2.32 bits per heavy atom. The second-order valence-corrected chi connectivity index (χ2v) is 10.1. The summed E-state index contributed by atoms with van der Waals surface area (Å²) in [6.45, 7) is 4.99. The molecule has 0 saturated heterocycles. The van der Waals surface area contributed by atoms with Crippen LogP contribution in [0, 0.1) is 12.7 Å². The van der Waals surface area contributed by atoms with Crippen LogP contribution in [0.2, 0.25) is 0 Å². The molecule has 1 aromatic heterocycles. The molecule has 1 aliphatic carbocycles. The smallest absolute Gasteiger partial charge is 0.316 e. The van der Waals surface area contributed by atoms with Gasteiger partial charge in [0.1, 0.15) is 17.2 Å². The third kappa shape index (κ3) is 5.21. The van der Waals surface area contributed by atoms with E-state index in [-0.39, 0.29) is 11.8 Å². The number of carbonyl (C=O) groups is 1. The second-order valence-electron chi connectivity index (χ2n) is 10.1. The minimum absolute atomic E-state index is 0.116. The van der Waals surface area contributed by atoms with E-state index in [1.165, 1.54) is 6.07 Å². The Morgan fingerprint density at radius 1 is 1.03 bits per heavy atom. The van der Waals surface area contributed by atoms with E-state index in [1.807, 2.05) is 51.2 Å². The third-order valence-corrected chi connectivity index (χ3v) is 7.40. The zero-order valence-electron chi connectivity index (χ0n) is 22.2. The van der Waals surface area contributed by atoms with Crippen molar-refractivity contribution in [3.05, 3.63) is 95.4 Å². The monoisotopic (exact) mass is 512 g/mol. The van der Waals surface area contributed by atoms with Gasteiger partial charge in [0.2, 0.25) is 0 Å². The summed E-state index contributed by atoms with van der Waals surface area (Å²) in [7, 11) is 2.04. The average Bonchev–Trinajstić information content (AvgIpc) is 3.65. The fraction of sp³-hybridized carbons (Fsp3) is 0.312. The second kappa shape index (κ2) is 10.8. The van der Waals surface area contributed by atoms with Crippen LogP contribution in [0.3, 0.4) is 0 Å². The molecule has 6 heteroatoms. The largest absolute Gasteiger partial charge is 0.465 e. The molecule has 0 atom stereocenters. The van der Waals surface area contributed by atoms with Crippen molar-refractivity contribution >= 4 is 11.7 Å². The van der Waals surface area contributed by atoms with Crippen LogP contribution in [0.25, 0.3) is 22.5 Å². The Balaban J connectivity index is 1.27. The molecule has 0 bridgehead atoms. The Bertz CT molecular complexity index is 1410. The van der Waals surface area contributed by atoms with Crippen LogP contribution < -0.4 is 4.90 Å². The first-order valence-corrected chi connectivity index (χ1v) is 13.2.